The number of amides is 2. The Bertz CT molecular complexity index is 364. The average molecular weight is 286 g/mol. The van der Waals surface area contributed by atoms with Crippen molar-refractivity contribution in [2.75, 3.05) is 24.6 Å². The van der Waals surface area contributed by atoms with E-state index in [1.165, 1.54) is 0 Å². The highest BCUT2D eigenvalue weighted by atomic mass is 32.2. The van der Waals surface area contributed by atoms with Crippen LogP contribution in [-0.2, 0) is 4.79 Å². The maximum Gasteiger partial charge on any atom is 0.317 e. The van der Waals surface area contributed by atoms with E-state index in [-0.39, 0.29) is 18.0 Å². The van der Waals surface area contributed by atoms with Crippen LogP contribution in [0.3, 0.4) is 0 Å². The number of likely N-dealkylation sites (tertiary alicyclic amines) is 1. The predicted molar refractivity (Wildman–Crippen MR) is 75.3 cm³/mol. The molecule has 19 heavy (non-hydrogen) atoms. The van der Waals surface area contributed by atoms with Crippen LogP contribution in [0.1, 0.15) is 20.3 Å². The second-order valence-electron chi connectivity index (χ2n) is 5.85. The molecule has 0 radical (unpaired) electrons. The number of thioether (sulfide) groups is 1. The standard InChI is InChI=1S/C13H22N2O3S/c1-8-3-10(12(16)17)5-15(4-8)13(18)14-11-7-19-6-9(11)2/h8-11H,3-7H2,1-2H3,(H,14,18)(H,16,17). The number of carbonyl (C=O) groups is 2. The van der Waals surface area contributed by atoms with Gasteiger partial charge in [-0.25, -0.2) is 4.79 Å². The van der Waals surface area contributed by atoms with Crippen molar-refractivity contribution in [3.8, 4) is 0 Å². The highest BCUT2D eigenvalue weighted by Crippen LogP contribution is 2.25. The minimum absolute atomic E-state index is 0.0999. The molecule has 4 atom stereocenters. The first-order valence-corrected chi connectivity index (χ1v) is 7.98. The normalized spacial score (nSPS) is 35.2. The zero-order chi connectivity index (χ0) is 14.0. The smallest absolute Gasteiger partial charge is 0.317 e. The van der Waals surface area contributed by atoms with Crippen molar-refractivity contribution in [2.24, 2.45) is 17.8 Å². The van der Waals surface area contributed by atoms with Gasteiger partial charge in [-0.3, -0.25) is 4.79 Å². The largest absolute Gasteiger partial charge is 0.481 e. The predicted octanol–water partition coefficient (Wildman–Crippen LogP) is 1.49. The fourth-order valence-corrected chi connectivity index (χ4v) is 4.20. The number of carboxylic acid groups (broad SMARTS) is 1. The van der Waals surface area contributed by atoms with Crippen molar-refractivity contribution >= 4 is 23.8 Å². The number of nitrogens with one attached hydrogen (secondary N) is 1. The lowest BCUT2D eigenvalue weighted by atomic mass is 9.91. The lowest BCUT2D eigenvalue weighted by Gasteiger charge is -2.35. The van der Waals surface area contributed by atoms with Gasteiger partial charge >= 0.3 is 12.0 Å². The summed E-state index contributed by atoms with van der Waals surface area (Å²) in [5.74, 6) is 1.55. The van der Waals surface area contributed by atoms with E-state index < -0.39 is 11.9 Å². The van der Waals surface area contributed by atoms with Gasteiger partial charge in [0.05, 0.1) is 5.92 Å². The highest BCUT2D eigenvalue weighted by Gasteiger charge is 2.33. The minimum Gasteiger partial charge on any atom is -0.481 e. The molecule has 2 rings (SSSR count). The third kappa shape index (κ3) is 3.55. The van der Waals surface area contributed by atoms with Crippen molar-refractivity contribution in [3.63, 3.8) is 0 Å². The van der Waals surface area contributed by atoms with Crippen molar-refractivity contribution in [1.29, 1.82) is 0 Å². The molecule has 2 heterocycles. The molecule has 108 valence electrons. The van der Waals surface area contributed by atoms with Gasteiger partial charge in [0.25, 0.3) is 0 Å². The molecule has 5 nitrogen and oxygen atoms in total. The van der Waals surface area contributed by atoms with Gasteiger partial charge in [0.1, 0.15) is 0 Å². The van der Waals surface area contributed by atoms with Crippen molar-refractivity contribution in [3.05, 3.63) is 0 Å². The first-order valence-electron chi connectivity index (χ1n) is 6.83. The molecule has 4 unspecified atom stereocenters. The van der Waals surface area contributed by atoms with Crippen molar-refractivity contribution in [1.82, 2.24) is 10.2 Å². The van der Waals surface area contributed by atoms with Crippen molar-refractivity contribution in [2.45, 2.75) is 26.3 Å². The lowest BCUT2D eigenvalue weighted by molar-refractivity contribution is -0.143. The van der Waals surface area contributed by atoms with Crippen LogP contribution >= 0.6 is 11.8 Å². The molecule has 0 saturated carbocycles. The van der Waals surface area contributed by atoms with Gasteiger partial charge in [0.15, 0.2) is 0 Å². The third-order valence-corrected chi connectivity index (χ3v) is 5.33. The number of piperidine rings is 1. The Kier molecular flexibility index (Phi) is 4.60. The number of hydrogen-bond acceptors (Lipinski definition) is 3. The van der Waals surface area contributed by atoms with E-state index >= 15 is 0 Å². The molecule has 0 aromatic rings. The van der Waals surface area contributed by atoms with Gasteiger partial charge in [0.2, 0.25) is 0 Å². The van der Waals surface area contributed by atoms with E-state index in [4.69, 9.17) is 5.11 Å². The Hall–Kier alpha value is -0.910. The monoisotopic (exact) mass is 286 g/mol. The molecule has 2 N–H and O–H groups in total. The molecule has 0 bridgehead atoms. The van der Waals surface area contributed by atoms with E-state index in [1.807, 2.05) is 18.7 Å². The van der Waals surface area contributed by atoms with Gasteiger partial charge < -0.3 is 15.3 Å². The number of hydrogen-bond donors (Lipinski definition) is 2. The zero-order valence-electron chi connectivity index (χ0n) is 11.5. The van der Waals surface area contributed by atoms with Crippen molar-refractivity contribution < 1.29 is 14.7 Å². The van der Waals surface area contributed by atoms with Crippen LogP contribution in [0, 0.1) is 17.8 Å². The van der Waals surface area contributed by atoms with Crippen LogP contribution < -0.4 is 5.32 Å². The Balaban J connectivity index is 1.92. The molecule has 2 aliphatic heterocycles. The molecule has 0 aromatic heterocycles. The molecule has 2 saturated heterocycles. The van der Waals surface area contributed by atoms with E-state index in [0.717, 1.165) is 11.5 Å². The van der Waals surface area contributed by atoms with Crippen LogP contribution in [0.5, 0.6) is 0 Å². The van der Waals surface area contributed by atoms with Gasteiger partial charge in [0, 0.05) is 24.9 Å². The van der Waals surface area contributed by atoms with Crippen LogP contribution in [0.25, 0.3) is 0 Å². The summed E-state index contributed by atoms with van der Waals surface area (Å²) >= 11 is 1.86. The molecular formula is C13H22N2O3S. The summed E-state index contributed by atoms with van der Waals surface area (Å²) in [6.07, 6.45) is 0.662. The summed E-state index contributed by atoms with van der Waals surface area (Å²) in [7, 11) is 0. The fraction of sp³-hybridized carbons (Fsp3) is 0.846. The van der Waals surface area contributed by atoms with Gasteiger partial charge in [-0.15, -0.1) is 0 Å². The number of carbonyl (C=O) groups excluding carboxylic acids is 1. The van der Waals surface area contributed by atoms with Gasteiger partial charge in [-0.2, -0.15) is 11.8 Å². The molecular weight excluding hydrogens is 264 g/mol. The number of rotatable bonds is 2. The number of carboxylic acids is 1. The summed E-state index contributed by atoms with van der Waals surface area (Å²) in [5.41, 5.74) is 0. The third-order valence-electron chi connectivity index (χ3n) is 3.97. The maximum absolute atomic E-state index is 12.2. The van der Waals surface area contributed by atoms with E-state index in [9.17, 15) is 9.59 Å². The molecule has 0 aromatic carbocycles. The highest BCUT2D eigenvalue weighted by molar-refractivity contribution is 7.99. The summed E-state index contributed by atoms with van der Waals surface area (Å²) in [6, 6.07) is 0.121. The van der Waals surface area contributed by atoms with Crippen LogP contribution in [0.2, 0.25) is 0 Å². The first-order chi connectivity index (χ1) is 8.97. The number of nitrogens with zero attached hydrogens (tertiary/aromatic N) is 1. The van der Waals surface area contributed by atoms with Crippen LogP contribution in [0.4, 0.5) is 4.79 Å². The average Bonchev–Trinajstić information content (AvgIpc) is 2.74. The van der Waals surface area contributed by atoms with Crippen LogP contribution in [0.15, 0.2) is 0 Å². The van der Waals surface area contributed by atoms with E-state index in [1.54, 1.807) is 4.90 Å². The minimum atomic E-state index is -0.797. The summed E-state index contributed by atoms with van der Waals surface area (Å²) in [4.78, 5) is 25.0. The molecule has 6 heteroatoms. The Morgan fingerprint density at radius 1 is 1.26 bits per heavy atom. The maximum atomic E-state index is 12.2. The second kappa shape index (κ2) is 6.03. The van der Waals surface area contributed by atoms with Gasteiger partial charge in [-0.05, 0) is 24.0 Å². The number of aliphatic carboxylic acids is 1. The number of urea groups is 1. The van der Waals surface area contributed by atoms with Gasteiger partial charge in [-0.1, -0.05) is 13.8 Å². The van der Waals surface area contributed by atoms with E-state index in [0.29, 0.717) is 25.4 Å². The molecule has 0 spiro atoms. The lowest BCUT2D eigenvalue weighted by Crippen LogP contribution is -2.52. The molecule has 2 amide bonds. The fourth-order valence-electron chi connectivity index (χ4n) is 2.79. The first kappa shape index (κ1) is 14.5. The van der Waals surface area contributed by atoms with E-state index in [2.05, 4.69) is 12.2 Å². The Morgan fingerprint density at radius 3 is 2.58 bits per heavy atom. The quantitative estimate of drug-likeness (QED) is 0.807. The molecule has 2 fully saturated rings. The van der Waals surface area contributed by atoms with Crippen LogP contribution in [-0.4, -0.2) is 52.6 Å². The summed E-state index contributed by atoms with van der Waals surface area (Å²) < 4.78 is 0. The molecule has 0 aliphatic carbocycles. The Labute approximate surface area is 118 Å². The SMILES string of the molecule is CC1CC(C(=O)O)CN(C(=O)NC2CSCC2C)C1. The second-order valence-corrected chi connectivity index (χ2v) is 6.93. The Morgan fingerprint density at radius 2 is 2.00 bits per heavy atom. The molecule has 2 aliphatic rings. The summed E-state index contributed by atoms with van der Waals surface area (Å²) in [6.45, 7) is 5.14. The topological polar surface area (TPSA) is 69.6 Å². The zero-order valence-corrected chi connectivity index (χ0v) is 12.3. The summed E-state index contributed by atoms with van der Waals surface area (Å²) in [5, 5.41) is 12.2.